The normalized spacial score (nSPS) is 11.7. The van der Waals surface area contributed by atoms with Crippen LogP contribution in [0.25, 0.3) is 0 Å². The minimum absolute atomic E-state index is 0.0276. The maximum atomic E-state index is 12.1. The molecule has 0 radical (unpaired) electrons. The van der Waals surface area contributed by atoms with Crippen molar-refractivity contribution in [1.29, 1.82) is 0 Å². The van der Waals surface area contributed by atoms with Crippen LogP contribution in [0.1, 0.15) is 38.2 Å². The van der Waals surface area contributed by atoms with Gasteiger partial charge in [0.1, 0.15) is 13.2 Å². The van der Waals surface area contributed by atoms with Crippen LogP contribution in [0.4, 0.5) is 5.69 Å². The van der Waals surface area contributed by atoms with Crippen molar-refractivity contribution in [2.75, 3.05) is 18.9 Å². The van der Waals surface area contributed by atoms with E-state index in [0.717, 1.165) is 28.4 Å². The summed E-state index contributed by atoms with van der Waals surface area (Å²) in [7, 11) is 0. The van der Waals surface area contributed by atoms with Crippen molar-refractivity contribution in [1.82, 2.24) is 0 Å². The van der Waals surface area contributed by atoms with Crippen LogP contribution in [-0.4, -0.2) is 25.2 Å². The fourth-order valence-electron chi connectivity index (χ4n) is 2.12. The Hall–Kier alpha value is -0.110. The zero-order chi connectivity index (χ0) is 19.1. The highest BCUT2D eigenvalue weighted by molar-refractivity contribution is 14.1. The third-order valence-corrected chi connectivity index (χ3v) is 6.43. The van der Waals surface area contributed by atoms with Gasteiger partial charge in [0.2, 0.25) is 0 Å². The third-order valence-electron chi connectivity index (χ3n) is 3.48. The minimum atomic E-state index is -0.485. The Kier molecular flexibility index (Phi) is 10.00. The molecule has 0 amide bonds. The highest BCUT2D eigenvalue weighted by Crippen LogP contribution is 2.37. The van der Waals surface area contributed by atoms with E-state index < -0.39 is 5.97 Å². The summed E-state index contributed by atoms with van der Waals surface area (Å²) in [5.41, 5.74) is 8.29. The molecule has 0 saturated carbocycles. The summed E-state index contributed by atoms with van der Waals surface area (Å²) in [6, 6.07) is 2.03. The molecule has 0 bridgehead atoms. The van der Waals surface area contributed by atoms with Gasteiger partial charge in [-0.3, -0.25) is 4.79 Å². The predicted octanol–water partition coefficient (Wildman–Crippen LogP) is 4.63. The highest BCUT2D eigenvalue weighted by Gasteiger charge is 2.22. The molecule has 1 atom stereocenters. The Morgan fingerprint density at radius 2 is 1.80 bits per heavy atom. The van der Waals surface area contributed by atoms with Gasteiger partial charge in [0.15, 0.2) is 0 Å². The quantitative estimate of drug-likeness (QED) is 0.142. The second-order valence-corrected chi connectivity index (χ2v) is 8.83. The summed E-state index contributed by atoms with van der Waals surface area (Å²) in [6.07, 6.45) is 1.06. The molecule has 0 aromatic heterocycles. The van der Waals surface area contributed by atoms with Crippen LogP contribution in [-0.2, 0) is 19.1 Å². The van der Waals surface area contributed by atoms with Crippen LogP contribution >= 0.6 is 67.8 Å². The topological polar surface area (TPSA) is 78.6 Å². The van der Waals surface area contributed by atoms with Crippen molar-refractivity contribution in [2.24, 2.45) is 0 Å². The van der Waals surface area contributed by atoms with E-state index in [1.165, 1.54) is 0 Å². The van der Waals surface area contributed by atoms with Gasteiger partial charge in [-0.1, -0.05) is 13.5 Å². The summed E-state index contributed by atoms with van der Waals surface area (Å²) < 4.78 is 13.2. The number of carbonyl (C=O) groups is 2. The van der Waals surface area contributed by atoms with Gasteiger partial charge in [-0.25, -0.2) is 4.79 Å². The SMILES string of the molecule is C=C(C)C(=O)OCCOC(=O)CC(CC)c1c(I)cc(I)c(N)c1I. The van der Waals surface area contributed by atoms with Crippen molar-refractivity contribution in [2.45, 2.75) is 32.6 Å². The van der Waals surface area contributed by atoms with Crippen LogP contribution in [0.15, 0.2) is 18.2 Å². The number of nitrogen functional groups attached to an aromatic ring is 1. The maximum Gasteiger partial charge on any atom is 0.333 e. The molecular formula is C17H20I3NO4. The number of rotatable bonds is 8. The first kappa shape index (κ1) is 22.9. The van der Waals surface area contributed by atoms with Gasteiger partial charge in [0, 0.05) is 16.3 Å². The van der Waals surface area contributed by atoms with Crippen molar-refractivity contribution in [3.8, 4) is 0 Å². The Morgan fingerprint density at radius 3 is 2.36 bits per heavy atom. The molecule has 5 nitrogen and oxygen atoms in total. The molecule has 138 valence electrons. The monoisotopic (exact) mass is 683 g/mol. The van der Waals surface area contributed by atoms with Crippen LogP contribution in [0.5, 0.6) is 0 Å². The van der Waals surface area contributed by atoms with Gasteiger partial charge in [-0.2, -0.15) is 0 Å². The minimum Gasteiger partial charge on any atom is -0.462 e. The van der Waals surface area contributed by atoms with Gasteiger partial charge < -0.3 is 15.2 Å². The summed E-state index contributed by atoms with van der Waals surface area (Å²) >= 11 is 6.73. The largest absolute Gasteiger partial charge is 0.462 e. The molecular weight excluding hydrogens is 663 g/mol. The lowest BCUT2D eigenvalue weighted by Crippen LogP contribution is -2.17. The van der Waals surface area contributed by atoms with Crippen molar-refractivity contribution in [3.63, 3.8) is 0 Å². The number of carbonyl (C=O) groups excluding carboxylic acids is 2. The van der Waals surface area contributed by atoms with E-state index in [9.17, 15) is 9.59 Å². The van der Waals surface area contributed by atoms with Gasteiger partial charge in [-0.05, 0) is 98.7 Å². The zero-order valence-electron chi connectivity index (χ0n) is 14.0. The first-order valence-corrected chi connectivity index (χ1v) is 10.8. The average molecular weight is 683 g/mol. The van der Waals surface area contributed by atoms with Crippen LogP contribution < -0.4 is 5.73 Å². The standard InChI is InChI=1S/C17H20I3NO4/c1-4-10(14-11(18)8-12(19)16(21)15(14)20)7-13(22)24-5-6-25-17(23)9(2)3/h8,10H,2,4-7,21H2,1,3H3. The lowest BCUT2D eigenvalue weighted by atomic mass is 9.93. The van der Waals surface area contributed by atoms with Crippen LogP contribution in [0.2, 0.25) is 0 Å². The van der Waals surface area contributed by atoms with Crippen LogP contribution in [0, 0.1) is 10.7 Å². The summed E-state index contributed by atoms with van der Waals surface area (Å²) in [4.78, 5) is 23.4. The van der Waals surface area contributed by atoms with Crippen LogP contribution in [0.3, 0.4) is 0 Å². The number of benzene rings is 1. The third kappa shape index (κ3) is 6.85. The number of esters is 2. The van der Waals surface area contributed by atoms with Gasteiger partial charge in [-0.15, -0.1) is 0 Å². The molecule has 1 aromatic rings. The Bertz CT molecular complexity index is 676. The molecule has 0 saturated heterocycles. The lowest BCUT2D eigenvalue weighted by molar-refractivity contribution is -0.150. The fourth-order valence-corrected chi connectivity index (χ4v) is 6.37. The number of anilines is 1. The molecule has 0 aliphatic heterocycles. The average Bonchev–Trinajstić information content (AvgIpc) is 2.55. The first-order valence-electron chi connectivity index (χ1n) is 7.60. The second kappa shape index (κ2) is 10.9. The molecule has 1 unspecified atom stereocenters. The number of ether oxygens (including phenoxy) is 2. The zero-order valence-corrected chi connectivity index (χ0v) is 20.5. The molecule has 25 heavy (non-hydrogen) atoms. The molecule has 2 N–H and O–H groups in total. The van der Waals surface area contributed by atoms with Crippen molar-refractivity contribution in [3.05, 3.63) is 34.5 Å². The van der Waals surface area contributed by atoms with E-state index in [1.54, 1.807) is 6.92 Å². The Labute approximate surface area is 188 Å². The Balaban J connectivity index is 2.68. The maximum absolute atomic E-state index is 12.1. The molecule has 0 heterocycles. The van der Waals surface area contributed by atoms with Crippen molar-refractivity contribution >= 4 is 85.4 Å². The second-order valence-electron chi connectivity index (χ2n) is 5.43. The van der Waals surface area contributed by atoms with Gasteiger partial charge in [0.05, 0.1) is 12.1 Å². The fraction of sp³-hybridized carbons (Fsp3) is 0.412. The summed E-state index contributed by atoms with van der Waals surface area (Å²) in [5.74, 6) is -0.772. The Morgan fingerprint density at radius 1 is 1.20 bits per heavy atom. The summed E-state index contributed by atoms with van der Waals surface area (Å²) in [6.45, 7) is 7.15. The van der Waals surface area contributed by atoms with E-state index in [0.29, 0.717) is 5.57 Å². The number of nitrogens with two attached hydrogens (primary N) is 1. The number of hydrogen-bond donors (Lipinski definition) is 1. The van der Waals surface area contributed by atoms with Crippen molar-refractivity contribution < 1.29 is 19.1 Å². The lowest BCUT2D eigenvalue weighted by Gasteiger charge is -2.20. The summed E-state index contributed by atoms with van der Waals surface area (Å²) in [5, 5.41) is 0. The van der Waals surface area contributed by atoms with E-state index in [4.69, 9.17) is 15.2 Å². The van der Waals surface area contributed by atoms with E-state index >= 15 is 0 Å². The molecule has 0 spiro atoms. The molecule has 0 aliphatic carbocycles. The first-order chi connectivity index (χ1) is 11.7. The molecule has 0 fully saturated rings. The molecule has 1 aromatic carbocycles. The molecule has 0 aliphatic rings. The van der Waals surface area contributed by atoms with E-state index in [1.807, 2.05) is 13.0 Å². The predicted molar refractivity (Wildman–Crippen MR) is 123 cm³/mol. The smallest absolute Gasteiger partial charge is 0.333 e. The van der Waals surface area contributed by atoms with E-state index in [2.05, 4.69) is 74.4 Å². The van der Waals surface area contributed by atoms with Gasteiger partial charge >= 0.3 is 11.9 Å². The molecule has 8 heteroatoms. The van der Waals surface area contributed by atoms with Gasteiger partial charge in [0.25, 0.3) is 0 Å². The number of hydrogen-bond acceptors (Lipinski definition) is 5. The highest BCUT2D eigenvalue weighted by atomic mass is 127. The molecule has 1 rings (SSSR count). The van der Waals surface area contributed by atoms with E-state index in [-0.39, 0.29) is 31.5 Å². The number of halogens is 3.